The van der Waals surface area contributed by atoms with Gasteiger partial charge in [-0.15, -0.1) is 0 Å². The van der Waals surface area contributed by atoms with Crippen molar-refractivity contribution in [1.82, 2.24) is 5.32 Å². The summed E-state index contributed by atoms with van der Waals surface area (Å²) in [5, 5.41) is 3.77. The van der Waals surface area contributed by atoms with Gasteiger partial charge in [0, 0.05) is 5.56 Å². The Morgan fingerprint density at radius 1 is 1.25 bits per heavy atom. The fraction of sp³-hybridized carbons (Fsp3) is 0.231. The Kier molecular flexibility index (Phi) is 3.32. The van der Waals surface area contributed by atoms with Crippen LogP contribution in [-0.2, 0) is 6.54 Å². The average Bonchev–Trinajstić information content (AvgIpc) is 2.67. The van der Waals surface area contributed by atoms with E-state index in [9.17, 15) is 0 Å². The van der Waals surface area contributed by atoms with Gasteiger partial charge in [-0.3, -0.25) is 0 Å². The number of aryl methyl sites for hydroxylation is 1. The molecule has 1 aromatic heterocycles. The summed E-state index contributed by atoms with van der Waals surface area (Å²) in [5.74, 6) is 1.73. The molecular weight excluding hydrogens is 222 g/mol. The van der Waals surface area contributed by atoms with Crippen LogP contribution in [0.2, 0.25) is 5.02 Å². The summed E-state index contributed by atoms with van der Waals surface area (Å²) in [6.07, 6.45) is 0. The monoisotopic (exact) mass is 235 g/mol. The third-order valence-corrected chi connectivity index (χ3v) is 2.72. The first-order chi connectivity index (χ1) is 7.70. The summed E-state index contributed by atoms with van der Waals surface area (Å²) in [7, 11) is 1.89. The standard InChI is InChI=1S/C13H14ClNO/c1-9-3-5-11(12(14)7-9)13-6-4-10(16-13)8-15-2/h3-7,15H,8H2,1-2H3. The van der Waals surface area contributed by atoms with Crippen LogP contribution >= 0.6 is 11.6 Å². The zero-order valence-electron chi connectivity index (χ0n) is 9.38. The van der Waals surface area contributed by atoms with Gasteiger partial charge in [0.1, 0.15) is 11.5 Å². The molecule has 16 heavy (non-hydrogen) atoms. The molecule has 3 heteroatoms. The van der Waals surface area contributed by atoms with Crippen molar-refractivity contribution in [3.8, 4) is 11.3 Å². The molecule has 84 valence electrons. The lowest BCUT2D eigenvalue weighted by molar-refractivity contribution is 0.507. The topological polar surface area (TPSA) is 25.2 Å². The maximum Gasteiger partial charge on any atom is 0.135 e. The van der Waals surface area contributed by atoms with Gasteiger partial charge in [0.2, 0.25) is 0 Å². The molecule has 1 N–H and O–H groups in total. The molecule has 0 unspecified atom stereocenters. The molecule has 0 saturated heterocycles. The molecule has 2 rings (SSSR count). The van der Waals surface area contributed by atoms with Gasteiger partial charge in [-0.25, -0.2) is 0 Å². The Labute approximate surface area is 100 Å². The Morgan fingerprint density at radius 3 is 2.75 bits per heavy atom. The van der Waals surface area contributed by atoms with Gasteiger partial charge in [0.15, 0.2) is 0 Å². The molecule has 0 aliphatic heterocycles. The predicted octanol–water partition coefficient (Wildman–Crippen LogP) is 3.63. The summed E-state index contributed by atoms with van der Waals surface area (Å²) in [6, 6.07) is 9.86. The molecule has 1 aromatic carbocycles. The van der Waals surface area contributed by atoms with E-state index < -0.39 is 0 Å². The second-order valence-electron chi connectivity index (χ2n) is 3.78. The summed E-state index contributed by atoms with van der Waals surface area (Å²) in [6.45, 7) is 2.74. The second kappa shape index (κ2) is 4.73. The smallest absolute Gasteiger partial charge is 0.135 e. The van der Waals surface area contributed by atoms with E-state index in [1.54, 1.807) is 0 Å². The van der Waals surface area contributed by atoms with Crippen LogP contribution in [0.15, 0.2) is 34.7 Å². The van der Waals surface area contributed by atoms with E-state index in [0.717, 1.165) is 34.2 Å². The van der Waals surface area contributed by atoms with Gasteiger partial charge >= 0.3 is 0 Å². The Morgan fingerprint density at radius 2 is 2.06 bits per heavy atom. The number of benzene rings is 1. The van der Waals surface area contributed by atoms with E-state index in [0.29, 0.717) is 0 Å². The van der Waals surface area contributed by atoms with Crippen molar-refractivity contribution in [2.24, 2.45) is 0 Å². The highest BCUT2D eigenvalue weighted by atomic mass is 35.5. The lowest BCUT2D eigenvalue weighted by Gasteiger charge is -2.02. The van der Waals surface area contributed by atoms with Gasteiger partial charge < -0.3 is 9.73 Å². The van der Waals surface area contributed by atoms with Gasteiger partial charge in [0.25, 0.3) is 0 Å². The molecule has 0 fully saturated rings. The number of nitrogens with one attached hydrogen (secondary N) is 1. The van der Waals surface area contributed by atoms with E-state index in [4.69, 9.17) is 16.0 Å². The van der Waals surface area contributed by atoms with Gasteiger partial charge in [-0.05, 0) is 43.8 Å². The highest BCUT2D eigenvalue weighted by Gasteiger charge is 2.08. The molecule has 0 aliphatic carbocycles. The van der Waals surface area contributed by atoms with Crippen LogP contribution < -0.4 is 5.32 Å². The molecule has 2 aromatic rings. The van der Waals surface area contributed by atoms with Crippen LogP contribution in [0.5, 0.6) is 0 Å². The second-order valence-corrected chi connectivity index (χ2v) is 4.19. The van der Waals surface area contributed by atoms with Crippen molar-refractivity contribution >= 4 is 11.6 Å². The van der Waals surface area contributed by atoms with Gasteiger partial charge in [0.05, 0.1) is 11.6 Å². The first-order valence-corrected chi connectivity index (χ1v) is 5.58. The van der Waals surface area contributed by atoms with E-state index in [1.165, 1.54) is 0 Å². The van der Waals surface area contributed by atoms with Crippen molar-refractivity contribution in [3.63, 3.8) is 0 Å². The first kappa shape index (κ1) is 11.2. The number of hydrogen-bond donors (Lipinski definition) is 1. The average molecular weight is 236 g/mol. The maximum absolute atomic E-state index is 6.17. The summed E-state index contributed by atoms with van der Waals surface area (Å²) >= 11 is 6.17. The summed E-state index contributed by atoms with van der Waals surface area (Å²) < 4.78 is 5.68. The minimum absolute atomic E-state index is 0.726. The van der Waals surface area contributed by atoms with Gasteiger partial charge in [-0.1, -0.05) is 17.7 Å². The van der Waals surface area contributed by atoms with Crippen molar-refractivity contribution in [1.29, 1.82) is 0 Å². The molecule has 0 aliphatic rings. The van der Waals surface area contributed by atoms with E-state index in [2.05, 4.69) is 5.32 Å². The Balaban J connectivity index is 2.35. The number of hydrogen-bond acceptors (Lipinski definition) is 2. The molecule has 1 heterocycles. The summed E-state index contributed by atoms with van der Waals surface area (Å²) in [5.41, 5.74) is 2.09. The van der Waals surface area contributed by atoms with Crippen LogP contribution in [0.25, 0.3) is 11.3 Å². The third kappa shape index (κ3) is 2.29. The lowest BCUT2D eigenvalue weighted by atomic mass is 10.1. The highest BCUT2D eigenvalue weighted by Crippen LogP contribution is 2.30. The van der Waals surface area contributed by atoms with Crippen molar-refractivity contribution in [3.05, 3.63) is 46.7 Å². The summed E-state index contributed by atoms with van der Waals surface area (Å²) in [4.78, 5) is 0. The van der Waals surface area contributed by atoms with Crippen LogP contribution in [0.4, 0.5) is 0 Å². The molecular formula is C13H14ClNO. The molecule has 0 amide bonds. The number of halogens is 1. The largest absolute Gasteiger partial charge is 0.460 e. The van der Waals surface area contributed by atoms with E-state index >= 15 is 0 Å². The molecule has 0 atom stereocenters. The van der Waals surface area contributed by atoms with Crippen LogP contribution in [0.1, 0.15) is 11.3 Å². The Bertz CT molecular complexity index is 490. The lowest BCUT2D eigenvalue weighted by Crippen LogP contribution is -2.03. The SMILES string of the molecule is CNCc1ccc(-c2ccc(C)cc2Cl)o1. The molecule has 0 saturated carbocycles. The van der Waals surface area contributed by atoms with Crippen LogP contribution in [-0.4, -0.2) is 7.05 Å². The third-order valence-electron chi connectivity index (χ3n) is 2.40. The highest BCUT2D eigenvalue weighted by molar-refractivity contribution is 6.33. The molecule has 0 spiro atoms. The predicted molar refractivity (Wildman–Crippen MR) is 66.7 cm³/mol. The minimum Gasteiger partial charge on any atom is -0.460 e. The fourth-order valence-corrected chi connectivity index (χ4v) is 1.94. The van der Waals surface area contributed by atoms with Gasteiger partial charge in [-0.2, -0.15) is 0 Å². The quantitative estimate of drug-likeness (QED) is 0.879. The van der Waals surface area contributed by atoms with Crippen LogP contribution in [0.3, 0.4) is 0 Å². The molecule has 0 radical (unpaired) electrons. The number of furan rings is 1. The van der Waals surface area contributed by atoms with E-state index in [1.807, 2.05) is 44.3 Å². The van der Waals surface area contributed by atoms with Crippen molar-refractivity contribution < 1.29 is 4.42 Å². The Hall–Kier alpha value is -1.25. The van der Waals surface area contributed by atoms with Crippen molar-refractivity contribution in [2.75, 3.05) is 7.05 Å². The number of rotatable bonds is 3. The minimum atomic E-state index is 0.726. The maximum atomic E-state index is 6.17. The first-order valence-electron chi connectivity index (χ1n) is 5.20. The molecule has 0 bridgehead atoms. The van der Waals surface area contributed by atoms with E-state index in [-0.39, 0.29) is 0 Å². The zero-order valence-corrected chi connectivity index (χ0v) is 10.1. The normalized spacial score (nSPS) is 10.7. The zero-order chi connectivity index (χ0) is 11.5. The van der Waals surface area contributed by atoms with Crippen LogP contribution in [0, 0.1) is 6.92 Å². The van der Waals surface area contributed by atoms with Crippen molar-refractivity contribution in [2.45, 2.75) is 13.5 Å². The fourth-order valence-electron chi connectivity index (χ4n) is 1.61. The molecule has 2 nitrogen and oxygen atoms in total.